The molecule has 0 aliphatic heterocycles. The lowest BCUT2D eigenvalue weighted by molar-refractivity contribution is 0.402. The molecule has 3 aromatic rings. The summed E-state index contributed by atoms with van der Waals surface area (Å²) < 4.78 is 12.3. The molecule has 0 bridgehead atoms. The summed E-state index contributed by atoms with van der Waals surface area (Å²) in [6, 6.07) is 7.15. The van der Waals surface area contributed by atoms with Gasteiger partial charge in [0.15, 0.2) is 5.82 Å². The number of ether oxygens (including phenoxy) is 2. The Bertz CT molecular complexity index is 896. The van der Waals surface area contributed by atoms with Gasteiger partial charge < -0.3 is 9.47 Å². The number of nitrogens with zero attached hydrogens (tertiary/aromatic N) is 3. The van der Waals surface area contributed by atoms with Crippen LogP contribution in [0.1, 0.15) is 5.82 Å². The van der Waals surface area contributed by atoms with Crippen molar-refractivity contribution in [3.63, 3.8) is 0 Å². The highest BCUT2D eigenvalue weighted by atomic mass is 35.5. The van der Waals surface area contributed by atoms with E-state index in [0.717, 1.165) is 5.69 Å². The number of terminal acetylenes is 1. The summed E-state index contributed by atoms with van der Waals surface area (Å²) in [5.41, 5.74) is 2.15. The number of hydrogen-bond donors (Lipinski definition) is 0. The van der Waals surface area contributed by atoms with Gasteiger partial charge in [-0.1, -0.05) is 11.6 Å². The maximum Gasteiger partial charge on any atom is 0.240 e. The van der Waals surface area contributed by atoms with Gasteiger partial charge in [-0.25, -0.2) is 9.97 Å². The van der Waals surface area contributed by atoms with E-state index >= 15 is 0 Å². The van der Waals surface area contributed by atoms with Gasteiger partial charge >= 0.3 is 0 Å². The van der Waals surface area contributed by atoms with Crippen LogP contribution in [0, 0.1) is 12.3 Å². The number of pyridine rings is 1. The highest BCUT2D eigenvalue weighted by Gasteiger charge is 2.17. The van der Waals surface area contributed by atoms with Crippen molar-refractivity contribution in [2.75, 3.05) is 14.2 Å². The topological polar surface area (TPSA) is 49.2 Å². The fraction of sp³-hybridized carbons (Fsp3) is 0.125. The third-order valence-corrected chi connectivity index (χ3v) is 3.54. The largest absolute Gasteiger partial charge is 0.495 e. The molecule has 0 amide bonds. The van der Waals surface area contributed by atoms with E-state index in [4.69, 9.17) is 27.5 Å². The SMILES string of the molecule is C#Cc1nc2ccnc(OC)c2n1-c1ccc(OC)c(Cl)c1. The Hall–Kier alpha value is -2.71. The molecule has 0 aliphatic carbocycles. The second kappa shape index (κ2) is 5.58. The Morgan fingerprint density at radius 3 is 2.68 bits per heavy atom. The zero-order valence-electron chi connectivity index (χ0n) is 12.0. The van der Waals surface area contributed by atoms with Crippen molar-refractivity contribution in [3.05, 3.63) is 41.3 Å². The van der Waals surface area contributed by atoms with Gasteiger partial charge in [0.1, 0.15) is 11.3 Å². The van der Waals surface area contributed by atoms with Gasteiger partial charge in [-0.3, -0.25) is 4.57 Å². The molecule has 0 radical (unpaired) electrons. The van der Waals surface area contributed by atoms with Gasteiger partial charge in [0.25, 0.3) is 0 Å². The molecule has 0 fully saturated rings. The van der Waals surface area contributed by atoms with Crippen LogP contribution in [0.3, 0.4) is 0 Å². The fourth-order valence-corrected chi connectivity index (χ4v) is 2.54. The molecule has 0 saturated carbocycles. The van der Waals surface area contributed by atoms with Crippen LogP contribution in [0.4, 0.5) is 0 Å². The van der Waals surface area contributed by atoms with Crippen LogP contribution in [0.2, 0.25) is 5.02 Å². The zero-order valence-corrected chi connectivity index (χ0v) is 12.8. The first kappa shape index (κ1) is 14.2. The Morgan fingerprint density at radius 1 is 1.23 bits per heavy atom. The maximum absolute atomic E-state index is 6.21. The lowest BCUT2D eigenvalue weighted by Gasteiger charge is -2.10. The molecule has 2 aromatic heterocycles. The lowest BCUT2D eigenvalue weighted by Crippen LogP contribution is -2.00. The van der Waals surface area contributed by atoms with Crippen LogP contribution in [-0.2, 0) is 0 Å². The summed E-state index contributed by atoms with van der Waals surface area (Å²) in [6.07, 6.45) is 7.21. The van der Waals surface area contributed by atoms with E-state index in [2.05, 4.69) is 15.9 Å². The molecular formula is C16H12ClN3O2. The molecule has 0 aliphatic rings. The van der Waals surface area contributed by atoms with Crippen LogP contribution in [0.5, 0.6) is 11.6 Å². The molecule has 3 rings (SSSR count). The van der Waals surface area contributed by atoms with Crippen molar-refractivity contribution in [2.45, 2.75) is 0 Å². The maximum atomic E-state index is 6.21. The van der Waals surface area contributed by atoms with E-state index in [1.807, 2.05) is 6.07 Å². The van der Waals surface area contributed by atoms with Crippen molar-refractivity contribution >= 4 is 22.6 Å². The second-order valence-corrected chi connectivity index (χ2v) is 4.83. The minimum absolute atomic E-state index is 0.443. The molecule has 0 unspecified atom stereocenters. The summed E-state index contributed by atoms with van der Waals surface area (Å²) in [5, 5.41) is 0.479. The van der Waals surface area contributed by atoms with Crippen LogP contribution in [0.25, 0.3) is 16.7 Å². The van der Waals surface area contributed by atoms with Gasteiger partial charge in [0.2, 0.25) is 5.88 Å². The van der Waals surface area contributed by atoms with Crippen molar-refractivity contribution in [1.29, 1.82) is 0 Å². The molecule has 22 heavy (non-hydrogen) atoms. The van der Waals surface area contributed by atoms with Gasteiger partial charge in [0.05, 0.1) is 30.4 Å². The Balaban J connectivity index is 2.34. The monoisotopic (exact) mass is 313 g/mol. The zero-order chi connectivity index (χ0) is 15.7. The number of rotatable bonds is 3. The lowest BCUT2D eigenvalue weighted by atomic mass is 10.2. The molecule has 1 aromatic carbocycles. The average Bonchev–Trinajstić information content (AvgIpc) is 2.93. The van der Waals surface area contributed by atoms with E-state index in [1.54, 1.807) is 43.2 Å². The number of fused-ring (bicyclic) bond motifs is 1. The minimum atomic E-state index is 0.443. The first-order valence-electron chi connectivity index (χ1n) is 6.41. The molecule has 0 saturated heterocycles. The molecule has 6 heteroatoms. The number of halogens is 1. The summed E-state index contributed by atoms with van der Waals surface area (Å²) in [4.78, 5) is 8.63. The van der Waals surface area contributed by atoms with Crippen LogP contribution in [-0.4, -0.2) is 28.8 Å². The quantitative estimate of drug-likeness (QED) is 0.697. The Kier molecular flexibility index (Phi) is 3.61. The van der Waals surface area contributed by atoms with E-state index in [0.29, 0.717) is 33.5 Å². The predicted molar refractivity (Wildman–Crippen MR) is 84.9 cm³/mol. The standard InChI is InChI=1S/C16H12ClN3O2/c1-4-14-19-12-7-8-18-16(22-3)15(12)20(14)10-5-6-13(21-2)11(17)9-10/h1,5-9H,2-3H3. The predicted octanol–water partition coefficient (Wildman–Crippen LogP) is 3.07. The summed E-state index contributed by atoms with van der Waals surface area (Å²) in [6.45, 7) is 0. The molecule has 0 N–H and O–H groups in total. The van der Waals surface area contributed by atoms with Gasteiger partial charge in [-0.2, -0.15) is 0 Å². The molecule has 0 atom stereocenters. The van der Waals surface area contributed by atoms with Crippen molar-refractivity contribution < 1.29 is 9.47 Å². The normalized spacial score (nSPS) is 10.5. The van der Waals surface area contributed by atoms with Crippen molar-refractivity contribution in [2.24, 2.45) is 0 Å². The van der Waals surface area contributed by atoms with Crippen LogP contribution >= 0.6 is 11.6 Å². The highest BCUT2D eigenvalue weighted by molar-refractivity contribution is 6.32. The average molecular weight is 314 g/mol. The van der Waals surface area contributed by atoms with Crippen LogP contribution < -0.4 is 9.47 Å². The summed E-state index contributed by atoms with van der Waals surface area (Å²) >= 11 is 6.21. The van der Waals surface area contributed by atoms with E-state index in [9.17, 15) is 0 Å². The molecule has 2 heterocycles. The molecule has 5 nitrogen and oxygen atoms in total. The van der Waals surface area contributed by atoms with Crippen molar-refractivity contribution in [3.8, 4) is 29.7 Å². The summed E-state index contributed by atoms with van der Waals surface area (Å²) in [7, 11) is 3.11. The van der Waals surface area contributed by atoms with E-state index < -0.39 is 0 Å². The Morgan fingerprint density at radius 2 is 2.05 bits per heavy atom. The number of methoxy groups -OCH3 is 2. The number of benzene rings is 1. The van der Waals surface area contributed by atoms with Crippen molar-refractivity contribution in [1.82, 2.24) is 14.5 Å². The van der Waals surface area contributed by atoms with Gasteiger partial charge in [-0.15, -0.1) is 6.42 Å². The van der Waals surface area contributed by atoms with E-state index in [1.165, 1.54) is 0 Å². The third-order valence-electron chi connectivity index (χ3n) is 3.25. The van der Waals surface area contributed by atoms with Gasteiger partial charge in [0, 0.05) is 6.20 Å². The Labute approximate surface area is 132 Å². The third kappa shape index (κ3) is 2.14. The molecular weight excluding hydrogens is 302 g/mol. The van der Waals surface area contributed by atoms with Gasteiger partial charge in [-0.05, 0) is 30.2 Å². The van der Waals surface area contributed by atoms with E-state index in [-0.39, 0.29) is 0 Å². The minimum Gasteiger partial charge on any atom is -0.495 e. The number of hydrogen-bond acceptors (Lipinski definition) is 4. The first-order valence-corrected chi connectivity index (χ1v) is 6.79. The van der Waals surface area contributed by atoms with Crippen LogP contribution in [0.15, 0.2) is 30.5 Å². The summed E-state index contributed by atoms with van der Waals surface area (Å²) in [5.74, 6) is 4.05. The number of aromatic nitrogens is 3. The number of imidazole rings is 1. The molecule has 0 spiro atoms. The highest BCUT2D eigenvalue weighted by Crippen LogP contribution is 2.31. The first-order chi connectivity index (χ1) is 10.7. The second-order valence-electron chi connectivity index (χ2n) is 4.42. The smallest absolute Gasteiger partial charge is 0.240 e. The molecule has 110 valence electrons. The fourth-order valence-electron chi connectivity index (χ4n) is 2.29.